The molecule has 1 N–H and O–H groups in total. The molecule has 1 heterocycles. The zero-order valence-electron chi connectivity index (χ0n) is 11.5. The largest absolute Gasteiger partial charge is 0.394 e. The Hall–Kier alpha value is -0.560. The van der Waals surface area contributed by atoms with Crippen LogP contribution in [0.1, 0.15) is 24.2 Å². The number of thiol groups is 1. The Labute approximate surface area is 132 Å². The van der Waals surface area contributed by atoms with E-state index in [1.165, 1.54) is 0 Å². The molecule has 6 heteroatoms. The molecule has 1 fully saturated rings. The fourth-order valence-electron chi connectivity index (χ4n) is 2.39. The maximum Gasteiger partial charge on any atom is 0.255 e. The van der Waals surface area contributed by atoms with Crippen molar-refractivity contribution >= 4 is 34.5 Å². The number of aliphatic hydroxyl groups is 1. The van der Waals surface area contributed by atoms with Gasteiger partial charge in [-0.2, -0.15) is 0 Å². The average molecular weight is 360 g/mol. The first-order valence-corrected chi connectivity index (χ1v) is 7.63. The van der Waals surface area contributed by atoms with Crippen molar-refractivity contribution in [1.82, 2.24) is 4.90 Å². The minimum absolute atomic E-state index is 0.0809. The van der Waals surface area contributed by atoms with Crippen LogP contribution in [0.15, 0.2) is 27.6 Å². The smallest absolute Gasteiger partial charge is 0.255 e. The monoisotopic (exact) mass is 359 g/mol. The van der Waals surface area contributed by atoms with Gasteiger partial charge in [0.25, 0.3) is 5.91 Å². The van der Waals surface area contributed by atoms with Gasteiger partial charge in [-0.15, -0.1) is 12.6 Å². The SMILES string of the molecule is CC1(C)CN(C(=O)c2cc(S)ccc2Br)CC(CO)O1. The van der Waals surface area contributed by atoms with Gasteiger partial charge in [0, 0.05) is 22.5 Å². The molecule has 1 atom stereocenters. The molecule has 1 amide bonds. The van der Waals surface area contributed by atoms with Gasteiger partial charge < -0.3 is 14.7 Å². The molecule has 0 radical (unpaired) electrons. The summed E-state index contributed by atoms with van der Waals surface area (Å²) in [6.07, 6.45) is -0.347. The van der Waals surface area contributed by atoms with Crippen molar-refractivity contribution in [3.63, 3.8) is 0 Å². The normalized spacial score (nSPS) is 21.9. The van der Waals surface area contributed by atoms with Crippen LogP contribution in [0.3, 0.4) is 0 Å². The standard InChI is InChI=1S/C14H18BrNO3S/c1-14(2)8-16(6-9(7-17)19-14)13(18)11-5-10(20)3-4-12(11)15/h3-5,9,17,20H,6-8H2,1-2H3. The zero-order chi connectivity index (χ0) is 14.9. The van der Waals surface area contributed by atoms with Crippen molar-refractivity contribution < 1.29 is 14.6 Å². The lowest BCUT2D eigenvalue weighted by molar-refractivity contribution is -0.139. The first kappa shape index (κ1) is 15.8. The number of aliphatic hydroxyl groups excluding tert-OH is 1. The summed E-state index contributed by atoms with van der Waals surface area (Å²) in [6, 6.07) is 5.38. The lowest BCUT2D eigenvalue weighted by atomic mass is 10.0. The Kier molecular flexibility index (Phi) is 4.79. The number of ether oxygens (including phenoxy) is 1. The van der Waals surface area contributed by atoms with Gasteiger partial charge in [0.1, 0.15) is 0 Å². The summed E-state index contributed by atoms with van der Waals surface area (Å²) < 4.78 is 6.46. The van der Waals surface area contributed by atoms with Gasteiger partial charge in [-0.05, 0) is 48.0 Å². The third-order valence-corrected chi connectivity index (χ3v) is 4.12. The highest BCUT2D eigenvalue weighted by atomic mass is 79.9. The third kappa shape index (κ3) is 3.55. The van der Waals surface area contributed by atoms with Gasteiger partial charge >= 0.3 is 0 Å². The van der Waals surface area contributed by atoms with E-state index in [9.17, 15) is 9.90 Å². The van der Waals surface area contributed by atoms with E-state index in [4.69, 9.17) is 4.74 Å². The molecule has 1 aromatic rings. The van der Waals surface area contributed by atoms with E-state index in [-0.39, 0.29) is 18.6 Å². The number of morpholine rings is 1. The molecule has 1 saturated heterocycles. The molecule has 20 heavy (non-hydrogen) atoms. The molecule has 0 spiro atoms. The maximum atomic E-state index is 12.6. The van der Waals surface area contributed by atoms with E-state index < -0.39 is 5.60 Å². The number of rotatable bonds is 2. The second-order valence-electron chi connectivity index (χ2n) is 5.53. The van der Waals surface area contributed by atoms with Gasteiger partial charge in [0.05, 0.1) is 23.9 Å². The molecule has 110 valence electrons. The first-order valence-electron chi connectivity index (χ1n) is 6.39. The number of carbonyl (C=O) groups is 1. The van der Waals surface area contributed by atoms with E-state index in [1.54, 1.807) is 11.0 Å². The fourth-order valence-corrected chi connectivity index (χ4v) is 3.01. The van der Waals surface area contributed by atoms with Crippen LogP contribution in [-0.4, -0.2) is 47.3 Å². The minimum atomic E-state index is -0.466. The molecular weight excluding hydrogens is 342 g/mol. The number of benzene rings is 1. The van der Waals surface area contributed by atoms with Gasteiger partial charge in [-0.1, -0.05) is 0 Å². The van der Waals surface area contributed by atoms with Crippen molar-refractivity contribution in [3.8, 4) is 0 Å². The minimum Gasteiger partial charge on any atom is -0.394 e. The number of hydrogen-bond donors (Lipinski definition) is 2. The topological polar surface area (TPSA) is 49.8 Å². The van der Waals surface area contributed by atoms with Gasteiger partial charge in [0.15, 0.2) is 0 Å². The van der Waals surface area contributed by atoms with Crippen LogP contribution in [0.4, 0.5) is 0 Å². The van der Waals surface area contributed by atoms with E-state index in [0.717, 1.165) is 9.37 Å². The summed E-state index contributed by atoms with van der Waals surface area (Å²) in [4.78, 5) is 15.1. The van der Waals surface area contributed by atoms with Crippen LogP contribution in [0.25, 0.3) is 0 Å². The first-order chi connectivity index (χ1) is 9.32. The summed E-state index contributed by atoms with van der Waals surface area (Å²) in [7, 11) is 0. The summed E-state index contributed by atoms with van der Waals surface area (Å²) in [6.45, 7) is 4.62. The van der Waals surface area contributed by atoms with Gasteiger partial charge in [0.2, 0.25) is 0 Å². The lowest BCUT2D eigenvalue weighted by Gasteiger charge is -2.42. The Morgan fingerprint density at radius 1 is 1.60 bits per heavy atom. The van der Waals surface area contributed by atoms with Crippen molar-refractivity contribution in [2.24, 2.45) is 0 Å². The Bertz CT molecular complexity index is 521. The Balaban J connectivity index is 2.25. The van der Waals surface area contributed by atoms with Gasteiger partial charge in [-0.3, -0.25) is 4.79 Å². The van der Waals surface area contributed by atoms with Crippen LogP contribution < -0.4 is 0 Å². The number of hydrogen-bond acceptors (Lipinski definition) is 4. The lowest BCUT2D eigenvalue weighted by Crippen LogP contribution is -2.55. The van der Waals surface area contributed by atoms with Crippen LogP contribution in [0.5, 0.6) is 0 Å². The molecule has 0 aromatic heterocycles. The number of carbonyl (C=O) groups excluding carboxylic acids is 1. The maximum absolute atomic E-state index is 12.6. The molecule has 1 aliphatic rings. The molecule has 2 rings (SSSR count). The highest BCUT2D eigenvalue weighted by Crippen LogP contribution is 2.26. The second kappa shape index (κ2) is 6.05. The summed E-state index contributed by atoms with van der Waals surface area (Å²) >= 11 is 7.67. The van der Waals surface area contributed by atoms with Crippen LogP contribution in [0, 0.1) is 0 Å². The van der Waals surface area contributed by atoms with Crippen LogP contribution in [-0.2, 0) is 4.74 Å². The quantitative estimate of drug-likeness (QED) is 0.796. The molecule has 1 aliphatic heterocycles. The van der Waals surface area contributed by atoms with Crippen molar-refractivity contribution in [2.75, 3.05) is 19.7 Å². The van der Waals surface area contributed by atoms with E-state index in [2.05, 4.69) is 28.6 Å². The van der Waals surface area contributed by atoms with Crippen LogP contribution >= 0.6 is 28.6 Å². The van der Waals surface area contributed by atoms with E-state index in [0.29, 0.717) is 18.7 Å². The predicted octanol–water partition coefficient (Wildman–Crippen LogP) is 2.35. The third-order valence-electron chi connectivity index (χ3n) is 3.15. The van der Waals surface area contributed by atoms with Crippen molar-refractivity contribution in [1.29, 1.82) is 0 Å². The van der Waals surface area contributed by atoms with Crippen molar-refractivity contribution in [2.45, 2.75) is 30.4 Å². The van der Waals surface area contributed by atoms with Crippen molar-refractivity contribution in [3.05, 3.63) is 28.2 Å². The van der Waals surface area contributed by atoms with Crippen LogP contribution in [0.2, 0.25) is 0 Å². The summed E-state index contributed by atoms with van der Waals surface area (Å²) in [5, 5.41) is 9.31. The Morgan fingerprint density at radius 2 is 2.30 bits per heavy atom. The van der Waals surface area contributed by atoms with E-state index >= 15 is 0 Å². The molecule has 1 unspecified atom stereocenters. The fraction of sp³-hybridized carbons (Fsp3) is 0.500. The Morgan fingerprint density at radius 3 is 2.95 bits per heavy atom. The number of amides is 1. The highest BCUT2D eigenvalue weighted by Gasteiger charge is 2.36. The summed E-state index contributed by atoms with van der Waals surface area (Å²) in [5.41, 5.74) is 0.110. The predicted molar refractivity (Wildman–Crippen MR) is 83.3 cm³/mol. The number of nitrogens with zero attached hydrogens (tertiary/aromatic N) is 1. The molecule has 0 aliphatic carbocycles. The molecule has 4 nitrogen and oxygen atoms in total. The molecule has 1 aromatic carbocycles. The van der Waals surface area contributed by atoms with Gasteiger partial charge in [-0.25, -0.2) is 0 Å². The summed E-state index contributed by atoms with van der Waals surface area (Å²) in [5.74, 6) is -0.0809. The molecular formula is C14H18BrNO3S. The average Bonchev–Trinajstić information content (AvgIpc) is 2.38. The molecule has 0 bridgehead atoms. The highest BCUT2D eigenvalue weighted by molar-refractivity contribution is 9.10. The van der Waals surface area contributed by atoms with E-state index in [1.807, 2.05) is 26.0 Å². The number of halogens is 1. The molecule has 0 saturated carbocycles. The zero-order valence-corrected chi connectivity index (χ0v) is 13.9. The second-order valence-corrected chi connectivity index (χ2v) is 6.90.